The molecule has 3 rings (SSSR count). The molecule has 2 aromatic rings. The van der Waals surface area contributed by atoms with Gasteiger partial charge in [-0.3, -0.25) is 4.79 Å². The van der Waals surface area contributed by atoms with Gasteiger partial charge in [0.25, 0.3) is 0 Å². The van der Waals surface area contributed by atoms with E-state index in [2.05, 4.69) is 11.9 Å². The number of nitrogens with zero attached hydrogens (tertiary/aromatic N) is 2. The van der Waals surface area contributed by atoms with Crippen molar-refractivity contribution >= 4 is 17.2 Å². The highest BCUT2D eigenvalue weighted by atomic mass is 32.1. The van der Waals surface area contributed by atoms with Crippen LogP contribution >= 0.6 is 11.3 Å². The average molecular weight is 374 g/mol. The zero-order chi connectivity index (χ0) is 18.5. The van der Waals surface area contributed by atoms with Crippen molar-refractivity contribution in [2.24, 2.45) is 11.7 Å². The van der Waals surface area contributed by atoms with Gasteiger partial charge in [-0.25, -0.2) is 4.98 Å². The van der Waals surface area contributed by atoms with E-state index in [-0.39, 0.29) is 11.9 Å². The second-order valence-corrected chi connectivity index (χ2v) is 8.06. The third kappa shape index (κ3) is 4.83. The quantitative estimate of drug-likeness (QED) is 0.844. The van der Waals surface area contributed by atoms with Crippen LogP contribution in [0.15, 0.2) is 29.6 Å². The van der Waals surface area contributed by atoms with Crippen LogP contribution in [0.3, 0.4) is 0 Å². The molecule has 1 aromatic carbocycles. The number of likely N-dealkylation sites (tertiary alicyclic amines) is 1. The largest absolute Gasteiger partial charge is 0.486 e. The second kappa shape index (κ2) is 8.64. The molecule has 5 nitrogen and oxygen atoms in total. The Balaban J connectivity index is 1.54. The summed E-state index contributed by atoms with van der Waals surface area (Å²) in [7, 11) is 0. The number of piperidine rings is 1. The lowest BCUT2D eigenvalue weighted by Crippen LogP contribution is -2.49. The molecule has 2 atom stereocenters. The average Bonchev–Trinajstić information content (AvgIpc) is 3.08. The van der Waals surface area contributed by atoms with E-state index in [0.717, 1.165) is 35.8 Å². The first kappa shape index (κ1) is 18.9. The van der Waals surface area contributed by atoms with Crippen molar-refractivity contribution < 1.29 is 9.53 Å². The summed E-state index contributed by atoms with van der Waals surface area (Å²) < 4.78 is 5.76. The van der Waals surface area contributed by atoms with Crippen LogP contribution < -0.4 is 10.5 Å². The van der Waals surface area contributed by atoms with Gasteiger partial charge in [0.05, 0.1) is 12.1 Å². The number of rotatable bonds is 6. The number of hydrogen-bond acceptors (Lipinski definition) is 5. The van der Waals surface area contributed by atoms with Crippen LogP contribution in [0.25, 0.3) is 0 Å². The second-order valence-electron chi connectivity index (χ2n) is 7.12. The summed E-state index contributed by atoms with van der Waals surface area (Å²) in [4.78, 5) is 19.2. The van der Waals surface area contributed by atoms with E-state index in [9.17, 15) is 4.79 Å². The summed E-state index contributed by atoms with van der Waals surface area (Å²) in [6.45, 7) is 6.03. The summed E-state index contributed by atoms with van der Waals surface area (Å²) in [6.07, 6.45) is 2.38. The van der Waals surface area contributed by atoms with E-state index < -0.39 is 0 Å². The van der Waals surface area contributed by atoms with Crippen LogP contribution in [0.2, 0.25) is 0 Å². The molecule has 1 saturated heterocycles. The highest BCUT2D eigenvalue weighted by Crippen LogP contribution is 2.23. The minimum Gasteiger partial charge on any atom is -0.486 e. The Morgan fingerprint density at radius 1 is 1.38 bits per heavy atom. The molecule has 1 aliphatic heterocycles. The van der Waals surface area contributed by atoms with Gasteiger partial charge < -0.3 is 15.4 Å². The maximum Gasteiger partial charge on any atom is 0.228 e. The van der Waals surface area contributed by atoms with Crippen LogP contribution in [-0.4, -0.2) is 34.9 Å². The number of carbonyl (C=O) groups is 1. The van der Waals surface area contributed by atoms with Gasteiger partial charge in [-0.2, -0.15) is 0 Å². The van der Waals surface area contributed by atoms with Gasteiger partial charge in [0.2, 0.25) is 5.91 Å². The van der Waals surface area contributed by atoms with Gasteiger partial charge in [-0.1, -0.05) is 24.6 Å². The topological polar surface area (TPSA) is 68.5 Å². The monoisotopic (exact) mass is 373 g/mol. The zero-order valence-corrected chi connectivity index (χ0v) is 16.3. The molecule has 0 saturated carbocycles. The van der Waals surface area contributed by atoms with Gasteiger partial charge in [-0.15, -0.1) is 11.3 Å². The minimum absolute atomic E-state index is 0.128. The fourth-order valence-corrected chi connectivity index (χ4v) is 4.04. The van der Waals surface area contributed by atoms with Crippen LogP contribution in [0.5, 0.6) is 5.75 Å². The number of nitrogens with two attached hydrogens (primary N) is 1. The molecule has 1 aliphatic rings. The number of hydrogen-bond donors (Lipinski definition) is 1. The van der Waals surface area contributed by atoms with E-state index in [4.69, 9.17) is 10.5 Å². The van der Waals surface area contributed by atoms with Crippen molar-refractivity contribution in [3.8, 4) is 5.75 Å². The minimum atomic E-state index is 0.128. The Morgan fingerprint density at radius 3 is 2.88 bits per heavy atom. The highest BCUT2D eigenvalue weighted by Gasteiger charge is 2.29. The molecular formula is C20H27N3O2S. The Hall–Kier alpha value is -1.92. The molecule has 6 heteroatoms. The third-order valence-electron chi connectivity index (χ3n) is 4.89. The fraction of sp³-hybridized carbons (Fsp3) is 0.500. The predicted molar refractivity (Wildman–Crippen MR) is 104 cm³/mol. The number of ether oxygens (including phenoxy) is 1. The number of aryl methyl sites for hydroxylation is 1. The van der Waals surface area contributed by atoms with Crippen molar-refractivity contribution in [3.05, 3.63) is 45.9 Å². The molecule has 0 spiro atoms. The fourth-order valence-electron chi connectivity index (χ4n) is 3.34. The van der Waals surface area contributed by atoms with Crippen LogP contribution in [0, 0.1) is 12.8 Å². The van der Waals surface area contributed by atoms with E-state index in [1.807, 2.05) is 41.5 Å². The summed E-state index contributed by atoms with van der Waals surface area (Å²) >= 11 is 1.54. The van der Waals surface area contributed by atoms with Crippen molar-refractivity contribution in [1.29, 1.82) is 0 Å². The zero-order valence-electron chi connectivity index (χ0n) is 15.5. The lowest BCUT2D eigenvalue weighted by Gasteiger charge is -2.38. The summed E-state index contributed by atoms with van der Waals surface area (Å²) in [5, 5.41) is 2.84. The normalized spacial score (nSPS) is 20.2. The number of carbonyl (C=O) groups excluding carboxylic acids is 1. The number of amides is 1. The molecule has 26 heavy (non-hydrogen) atoms. The molecule has 0 radical (unpaired) electrons. The number of thiazole rings is 1. The first-order chi connectivity index (χ1) is 12.5. The summed E-state index contributed by atoms with van der Waals surface area (Å²) in [6, 6.07) is 8.12. The van der Waals surface area contributed by atoms with E-state index in [0.29, 0.717) is 25.5 Å². The number of aromatic nitrogens is 1. The Morgan fingerprint density at radius 2 is 2.15 bits per heavy atom. The lowest BCUT2D eigenvalue weighted by atomic mass is 9.92. The Bertz CT molecular complexity index is 729. The van der Waals surface area contributed by atoms with Gasteiger partial charge in [0.1, 0.15) is 17.4 Å². The highest BCUT2D eigenvalue weighted by molar-refractivity contribution is 7.09. The third-order valence-corrected chi connectivity index (χ3v) is 5.76. The van der Waals surface area contributed by atoms with Crippen LogP contribution in [0.4, 0.5) is 0 Å². The molecule has 2 N–H and O–H groups in total. The maximum absolute atomic E-state index is 12.7. The van der Waals surface area contributed by atoms with E-state index >= 15 is 0 Å². The SMILES string of the molecule is Cc1ccc(OCc2nc(CC(=O)N3CCC(C)CC3CN)cs2)cc1. The van der Waals surface area contributed by atoms with Crippen molar-refractivity contribution in [3.63, 3.8) is 0 Å². The maximum atomic E-state index is 12.7. The smallest absolute Gasteiger partial charge is 0.228 e. The predicted octanol–water partition coefficient (Wildman–Crippen LogP) is 3.16. The first-order valence-electron chi connectivity index (χ1n) is 9.17. The van der Waals surface area contributed by atoms with Gasteiger partial charge in [0, 0.05) is 24.5 Å². The Labute approximate surface area is 159 Å². The Kier molecular flexibility index (Phi) is 6.27. The number of benzene rings is 1. The molecule has 0 aliphatic carbocycles. The molecule has 1 aromatic heterocycles. The van der Waals surface area contributed by atoms with E-state index in [1.165, 1.54) is 16.9 Å². The van der Waals surface area contributed by atoms with Crippen LogP contribution in [-0.2, 0) is 17.8 Å². The van der Waals surface area contributed by atoms with Gasteiger partial charge in [0.15, 0.2) is 0 Å². The molecule has 140 valence electrons. The standard InChI is InChI=1S/C20H27N3O2S/c1-14-3-5-18(6-4-14)25-12-19-22-16(13-26-19)10-20(24)23-8-7-15(2)9-17(23)11-21/h3-6,13,15,17H,7-12,21H2,1-2H3. The van der Waals surface area contributed by atoms with E-state index in [1.54, 1.807) is 0 Å². The lowest BCUT2D eigenvalue weighted by molar-refractivity contribution is -0.134. The summed E-state index contributed by atoms with van der Waals surface area (Å²) in [5.41, 5.74) is 7.89. The molecule has 2 heterocycles. The molecule has 1 amide bonds. The van der Waals surface area contributed by atoms with Gasteiger partial charge >= 0.3 is 0 Å². The van der Waals surface area contributed by atoms with Crippen molar-refractivity contribution in [1.82, 2.24) is 9.88 Å². The van der Waals surface area contributed by atoms with Crippen molar-refractivity contribution in [2.75, 3.05) is 13.1 Å². The van der Waals surface area contributed by atoms with Crippen LogP contribution in [0.1, 0.15) is 36.0 Å². The molecule has 1 fully saturated rings. The van der Waals surface area contributed by atoms with Crippen molar-refractivity contribution in [2.45, 2.75) is 45.8 Å². The van der Waals surface area contributed by atoms with Gasteiger partial charge in [-0.05, 0) is 37.8 Å². The first-order valence-corrected chi connectivity index (χ1v) is 10.1. The molecular weight excluding hydrogens is 346 g/mol. The molecule has 0 bridgehead atoms. The summed E-state index contributed by atoms with van der Waals surface area (Å²) in [5.74, 6) is 1.60. The molecule has 2 unspecified atom stereocenters.